The minimum absolute atomic E-state index is 0.146. The first-order valence-corrected chi connectivity index (χ1v) is 6.23. The Morgan fingerprint density at radius 1 is 1.50 bits per heavy atom. The summed E-state index contributed by atoms with van der Waals surface area (Å²) in [6, 6.07) is 0.834. The predicted octanol–water partition coefficient (Wildman–Crippen LogP) is 1.37. The van der Waals surface area contributed by atoms with Crippen LogP contribution in [0.25, 0.3) is 0 Å². The van der Waals surface area contributed by atoms with Crippen molar-refractivity contribution in [1.82, 2.24) is 14.5 Å². The summed E-state index contributed by atoms with van der Waals surface area (Å²) in [4.78, 5) is 12.0. The van der Waals surface area contributed by atoms with Crippen molar-refractivity contribution >= 4 is 0 Å². The molecule has 4 nitrogen and oxygen atoms in total. The summed E-state index contributed by atoms with van der Waals surface area (Å²) in [7, 11) is 0. The molecule has 1 aliphatic carbocycles. The Balaban J connectivity index is 1.96. The molecule has 0 saturated heterocycles. The van der Waals surface area contributed by atoms with Crippen LogP contribution in [0, 0.1) is 0 Å². The third kappa shape index (κ3) is 2.55. The molecule has 16 heavy (non-hydrogen) atoms. The third-order valence-electron chi connectivity index (χ3n) is 3.03. The second-order valence-corrected chi connectivity index (χ2v) is 4.73. The minimum atomic E-state index is 0.146. The van der Waals surface area contributed by atoms with Gasteiger partial charge in [-0.1, -0.05) is 6.92 Å². The zero-order valence-corrected chi connectivity index (χ0v) is 10.1. The van der Waals surface area contributed by atoms with Crippen LogP contribution in [0.4, 0.5) is 0 Å². The van der Waals surface area contributed by atoms with Crippen molar-refractivity contribution in [1.29, 1.82) is 0 Å². The lowest BCUT2D eigenvalue weighted by Gasteiger charge is -2.12. The SMILES string of the molecule is CCCNC(C)Cn1ccn(C2CC2)c1=O. The first kappa shape index (κ1) is 11.5. The lowest BCUT2D eigenvalue weighted by Crippen LogP contribution is -2.35. The number of hydrogen-bond acceptors (Lipinski definition) is 2. The maximum Gasteiger partial charge on any atom is 0.328 e. The number of nitrogens with one attached hydrogen (secondary N) is 1. The van der Waals surface area contributed by atoms with E-state index in [0.717, 1.165) is 32.4 Å². The van der Waals surface area contributed by atoms with Crippen molar-refractivity contribution in [3.63, 3.8) is 0 Å². The van der Waals surface area contributed by atoms with Crippen molar-refractivity contribution in [2.24, 2.45) is 0 Å². The lowest BCUT2D eigenvalue weighted by molar-refractivity contribution is 0.465. The molecule has 0 bridgehead atoms. The second kappa shape index (κ2) is 4.87. The molecule has 1 saturated carbocycles. The molecule has 1 atom stereocenters. The third-order valence-corrected chi connectivity index (χ3v) is 3.03. The second-order valence-electron chi connectivity index (χ2n) is 4.73. The number of nitrogens with zero attached hydrogens (tertiary/aromatic N) is 2. The van der Waals surface area contributed by atoms with Gasteiger partial charge in [-0.05, 0) is 32.7 Å². The molecule has 0 spiro atoms. The molecule has 4 heteroatoms. The fourth-order valence-electron chi connectivity index (χ4n) is 1.95. The first-order valence-electron chi connectivity index (χ1n) is 6.23. The van der Waals surface area contributed by atoms with Gasteiger partial charge in [-0.2, -0.15) is 0 Å². The molecule has 0 amide bonds. The van der Waals surface area contributed by atoms with Crippen LogP contribution in [-0.4, -0.2) is 21.7 Å². The van der Waals surface area contributed by atoms with Crippen molar-refractivity contribution in [3.05, 3.63) is 22.9 Å². The molecule has 2 rings (SSSR count). The van der Waals surface area contributed by atoms with E-state index in [1.54, 1.807) is 0 Å². The van der Waals surface area contributed by atoms with Gasteiger partial charge in [0.05, 0.1) is 0 Å². The summed E-state index contributed by atoms with van der Waals surface area (Å²) in [6.07, 6.45) is 7.28. The Bertz CT molecular complexity index is 389. The summed E-state index contributed by atoms with van der Waals surface area (Å²) in [5.41, 5.74) is 0.146. The molecule has 1 N–H and O–H groups in total. The highest BCUT2D eigenvalue weighted by Gasteiger charge is 2.25. The Morgan fingerprint density at radius 2 is 2.25 bits per heavy atom. The molecule has 0 aromatic carbocycles. The van der Waals surface area contributed by atoms with Gasteiger partial charge in [0.15, 0.2) is 0 Å². The van der Waals surface area contributed by atoms with Crippen LogP contribution in [0.2, 0.25) is 0 Å². The van der Waals surface area contributed by atoms with Crippen LogP contribution in [0.3, 0.4) is 0 Å². The summed E-state index contributed by atoms with van der Waals surface area (Å²) in [5.74, 6) is 0. The summed E-state index contributed by atoms with van der Waals surface area (Å²) < 4.78 is 3.68. The molecule has 0 radical (unpaired) electrons. The normalized spacial score (nSPS) is 17.6. The molecule has 1 aliphatic rings. The van der Waals surface area contributed by atoms with Crippen LogP contribution in [-0.2, 0) is 6.54 Å². The molecule has 1 aromatic heterocycles. The van der Waals surface area contributed by atoms with E-state index in [-0.39, 0.29) is 5.69 Å². The van der Waals surface area contributed by atoms with E-state index in [1.807, 2.05) is 21.5 Å². The molecule has 0 aliphatic heterocycles. The average molecular weight is 223 g/mol. The molecular weight excluding hydrogens is 202 g/mol. The number of rotatable bonds is 6. The smallest absolute Gasteiger partial charge is 0.312 e. The van der Waals surface area contributed by atoms with E-state index in [0.29, 0.717) is 12.1 Å². The maximum absolute atomic E-state index is 12.0. The van der Waals surface area contributed by atoms with E-state index in [1.165, 1.54) is 0 Å². The number of imidazole rings is 1. The fraction of sp³-hybridized carbons (Fsp3) is 0.750. The van der Waals surface area contributed by atoms with Crippen molar-refractivity contribution in [2.45, 2.75) is 51.7 Å². The van der Waals surface area contributed by atoms with Crippen LogP contribution in [0.5, 0.6) is 0 Å². The van der Waals surface area contributed by atoms with E-state index < -0.39 is 0 Å². The number of hydrogen-bond donors (Lipinski definition) is 1. The maximum atomic E-state index is 12.0. The van der Waals surface area contributed by atoms with Gasteiger partial charge >= 0.3 is 5.69 Å². The highest BCUT2D eigenvalue weighted by molar-refractivity contribution is 4.91. The van der Waals surface area contributed by atoms with Crippen LogP contribution in [0.15, 0.2) is 17.2 Å². The zero-order valence-electron chi connectivity index (χ0n) is 10.1. The van der Waals surface area contributed by atoms with Crippen molar-refractivity contribution in [3.8, 4) is 0 Å². The minimum Gasteiger partial charge on any atom is -0.312 e. The van der Waals surface area contributed by atoms with Gasteiger partial charge in [-0.15, -0.1) is 0 Å². The standard InChI is InChI=1S/C12H21N3O/c1-3-6-13-10(2)9-14-7-8-15(12(14)16)11-4-5-11/h7-8,10-11,13H,3-6,9H2,1-2H3. The van der Waals surface area contributed by atoms with E-state index in [2.05, 4.69) is 19.2 Å². The molecular formula is C12H21N3O. The highest BCUT2D eigenvalue weighted by atomic mass is 16.1. The molecule has 1 fully saturated rings. The zero-order chi connectivity index (χ0) is 11.5. The molecule has 1 unspecified atom stereocenters. The quantitative estimate of drug-likeness (QED) is 0.791. The van der Waals surface area contributed by atoms with Gasteiger partial charge < -0.3 is 5.32 Å². The Hall–Kier alpha value is -1.03. The van der Waals surface area contributed by atoms with Crippen LogP contribution < -0.4 is 11.0 Å². The topological polar surface area (TPSA) is 39.0 Å². The molecule has 1 heterocycles. The predicted molar refractivity (Wildman–Crippen MR) is 64.7 cm³/mol. The summed E-state index contributed by atoms with van der Waals surface area (Å²) in [5, 5.41) is 3.39. The van der Waals surface area contributed by atoms with E-state index >= 15 is 0 Å². The summed E-state index contributed by atoms with van der Waals surface area (Å²) in [6.45, 7) is 6.05. The van der Waals surface area contributed by atoms with Gasteiger partial charge in [0.25, 0.3) is 0 Å². The van der Waals surface area contributed by atoms with Gasteiger partial charge in [0, 0.05) is 31.0 Å². The van der Waals surface area contributed by atoms with E-state index in [9.17, 15) is 4.79 Å². The summed E-state index contributed by atoms with van der Waals surface area (Å²) >= 11 is 0. The first-order chi connectivity index (χ1) is 7.72. The Labute approximate surface area is 96.3 Å². The molecule has 1 aromatic rings. The largest absolute Gasteiger partial charge is 0.328 e. The lowest BCUT2D eigenvalue weighted by atomic mass is 10.3. The van der Waals surface area contributed by atoms with Gasteiger partial charge in [-0.25, -0.2) is 4.79 Å². The monoisotopic (exact) mass is 223 g/mol. The van der Waals surface area contributed by atoms with E-state index in [4.69, 9.17) is 0 Å². The number of aromatic nitrogens is 2. The highest BCUT2D eigenvalue weighted by Crippen LogP contribution is 2.33. The van der Waals surface area contributed by atoms with Crippen LogP contribution >= 0.6 is 0 Å². The average Bonchev–Trinajstić information content (AvgIpc) is 3.04. The van der Waals surface area contributed by atoms with Crippen molar-refractivity contribution in [2.75, 3.05) is 6.54 Å². The van der Waals surface area contributed by atoms with Crippen molar-refractivity contribution < 1.29 is 0 Å². The Morgan fingerprint density at radius 3 is 2.88 bits per heavy atom. The fourth-order valence-corrected chi connectivity index (χ4v) is 1.95. The Kier molecular flexibility index (Phi) is 3.49. The van der Waals surface area contributed by atoms with Crippen LogP contribution in [0.1, 0.15) is 39.2 Å². The van der Waals surface area contributed by atoms with Gasteiger partial charge in [0.1, 0.15) is 0 Å². The van der Waals surface area contributed by atoms with Gasteiger partial charge in [-0.3, -0.25) is 9.13 Å². The van der Waals surface area contributed by atoms with Gasteiger partial charge in [0.2, 0.25) is 0 Å². The molecule has 90 valence electrons.